The van der Waals surface area contributed by atoms with Crippen LogP contribution in [0.15, 0.2) is 0 Å². The first-order valence-corrected chi connectivity index (χ1v) is 7.43. The van der Waals surface area contributed by atoms with Crippen molar-refractivity contribution in [1.29, 1.82) is 0 Å². The molecule has 1 saturated heterocycles. The van der Waals surface area contributed by atoms with Crippen molar-refractivity contribution in [2.75, 3.05) is 0 Å². The minimum Gasteiger partial charge on any atom is -0.481 e. The average Bonchev–Trinajstić information content (AvgIpc) is 2.69. The number of aliphatic carboxylic acids is 1. The van der Waals surface area contributed by atoms with Crippen LogP contribution in [0.2, 0.25) is 0 Å². The molecule has 0 radical (unpaired) electrons. The third kappa shape index (κ3) is 3.05. The molecule has 3 nitrogen and oxygen atoms in total. The van der Waals surface area contributed by atoms with Gasteiger partial charge in [0, 0.05) is 0 Å². The van der Waals surface area contributed by atoms with Crippen molar-refractivity contribution in [2.24, 2.45) is 11.8 Å². The molecule has 104 valence electrons. The third-order valence-electron chi connectivity index (χ3n) is 4.74. The topological polar surface area (TPSA) is 46.5 Å². The number of ether oxygens (including phenoxy) is 1. The van der Waals surface area contributed by atoms with Crippen molar-refractivity contribution < 1.29 is 14.6 Å². The molecular formula is C15H26O3. The van der Waals surface area contributed by atoms with Gasteiger partial charge in [-0.1, -0.05) is 33.1 Å². The highest BCUT2D eigenvalue weighted by atomic mass is 16.5. The standard InChI is InChI=1S/C15H26O3/c1-11(2)13(14(16)17)10-12-6-9-15(18-12)7-4-3-5-8-15/h11-13H,3-10H2,1-2H3,(H,16,17). The van der Waals surface area contributed by atoms with Gasteiger partial charge >= 0.3 is 5.97 Å². The lowest BCUT2D eigenvalue weighted by atomic mass is 9.82. The summed E-state index contributed by atoms with van der Waals surface area (Å²) in [5.41, 5.74) is 0.114. The molecule has 1 aliphatic carbocycles. The lowest BCUT2D eigenvalue weighted by Gasteiger charge is -2.33. The van der Waals surface area contributed by atoms with E-state index in [4.69, 9.17) is 4.74 Å². The predicted octanol–water partition coefficient (Wildman–Crippen LogP) is 3.62. The smallest absolute Gasteiger partial charge is 0.306 e. The highest BCUT2D eigenvalue weighted by Gasteiger charge is 2.42. The summed E-state index contributed by atoms with van der Waals surface area (Å²) in [4.78, 5) is 11.2. The van der Waals surface area contributed by atoms with E-state index in [0.717, 1.165) is 12.8 Å². The second kappa shape index (κ2) is 5.60. The van der Waals surface area contributed by atoms with E-state index in [-0.39, 0.29) is 23.5 Å². The van der Waals surface area contributed by atoms with Gasteiger partial charge in [0.05, 0.1) is 17.6 Å². The van der Waals surface area contributed by atoms with E-state index in [9.17, 15) is 9.90 Å². The van der Waals surface area contributed by atoms with Crippen LogP contribution in [0.25, 0.3) is 0 Å². The van der Waals surface area contributed by atoms with E-state index >= 15 is 0 Å². The SMILES string of the molecule is CC(C)C(CC1CCC2(CCCCC2)O1)C(=O)O. The molecule has 1 heterocycles. The Balaban J connectivity index is 1.90. The van der Waals surface area contributed by atoms with Crippen LogP contribution in [0.4, 0.5) is 0 Å². The van der Waals surface area contributed by atoms with Gasteiger partial charge in [0.15, 0.2) is 0 Å². The van der Waals surface area contributed by atoms with E-state index in [1.807, 2.05) is 13.8 Å². The monoisotopic (exact) mass is 254 g/mol. The van der Waals surface area contributed by atoms with E-state index in [0.29, 0.717) is 6.42 Å². The van der Waals surface area contributed by atoms with Gasteiger partial charge in [-0.15, -0.1) is 0 Å². The molecule has 2 atom stereocenters. The van der Waals surface area contributed by atoms with Crippen LogP contribution < -0.4 is 0 Å². The summed E-state index contributed by atoms with van der Waals surface area (Å²) in [7, 11) is 0. The second-order valence-corrected chi connectivity index (χ2v) is 6.45. The van der Waals surface area contributed by atoms with Gasteiger partial charge in [-0.25, -0.2) is 0 Å². The molecule has 1 spiro atoms. The van der Waals surface area contributed by atoms with Crippen LogP contribution in [-0.4, -0.2) is 22.8 Å². The summed E-state index contributed by atoms with van der Waals surface area (Å²) < 4.78 is 6.26. The Morgan fingerprint density at radius 1 is 1.28 bits per heavy atom. The van der Waals surface area contributed by atoms with Crippen LogP contribution in [0, 0.1) is 11.8 Å². The fourth-order valence-electron chi connectivity index (χ4n) is 3.57. The number of rotatable bonds is 4. The van der Waals surface area contributed by atoms with Crippen LogP contribution in [0.1, 0.15) is 65.2 Å². The Hall–Kier alpha value is -0.570. The molecule has 1 N–H and O–H groups in total. The number of carboxylic acids is 1. The molecule has 2 rings (SSSR count). The van der Waals surface area contributed by atoms with E-state index in [1.165, 1.54) is 32.1 Å². The minimum absolute atomic E-state index is 0.114. The van der Waals surface area contributed by atoms with E-state index in [1.54, 1.807) is 0 Å². The quantitative estimate of drug-likeness (QED) is 0.833. The van der Waals surface area contributed by atoms with Crippen molar-refractivity contribution in [1.82, 2.24) is 0 Å². The van der Waals surface area contributed by atoms with Crippen molar-refractivity contribution >= 4 is 5.97 Å². The summed E-state index contributed by atoms with van der Waals surface area (Å²) in [6, 6.07) is 0. The summed E-state index contributed by atoms with van der Waals surface area (Å²) >= 11 is 0. The maximum atomic E-state index is 11.2. The zero-order valence-corrected chi connectivity index (χ0v) is 11.7. The van der Waals surface area contributed by atoms with Crippen LogP contribution in [-0.2, 0) is 9.53 Å². The molecule has 0 amide bonds. The number of hydrogen-bond donors (Lipinski definition) is 1. The van der Waals surface area contributed by atoms with Gasteiger partial charge in [0.25, 0.3) is 0 Å². The first-order valence-electron chi connectivity index (χ1n) is 7.43. The maximum Gasteiger partial charge on any atom is 0.306 e. The van der Waals surface area contributed by atoms with E-state index < -0.39 is 5.97 Å². The highest BCUT2D eigenvalue weighted by Crippen LogP contribution is 2.43. The molecule has 0 bridgehead atoms. The van der Waals surface area contributed by atoms with Gasteiger partial charge in [-0.3, -0.25) is 4.79 Å². The van der Waals surface area contributed by atoms with Crippen molar-refractivity contribution in [2.45, 2.75) is 76.9 Å². The largest absolute Gasteiger partial charge is 0.481 e. The Morgan fingerprint density at radius 2 is 1.94 bits per heavy atom. The summed E-state index contributed by atoms with van der Waals surface area (Å²) in [5, 5.41) is 9.25. The van der Waals surface area contributed by atoms with Gasteiger partial charge < -0.3 is 9.84 Å². The zero-order chi connectivity index (χ0) is 13.2. The Morgan fingerprint density at radius 3 is 2.50 bits per heavy atom. The molecular weight excluding hydrogens is 228 g/mol. The normalized spacial score (nSPS) is 28.7. The fraction of sp³-hybridized carbons (Fsp3) is 0.933. The Bertz CT molecular complexity index is 292. The fourth-order valence-corrected chi connectivity index (χ4v) is 3.57. The molecule has 2 aliphatic rings. The zero-order valence-electron chi connectivity index (χ0n) is 11.7. The molecule has 0 aromatic rings. The summed E-state index contributed by atoms with van der Waals surface area (Å²) in [5.74, 6) is -0.735. The molecule has 0 aromatic carbocycles. The minimum atomic E-state index is -0.668. The molecule has 1 saturated carbocycles. The second-order valence-electron chi connectivity index (χ2n) is 6.45. The molecule has 3 heteroatoms. The van der Waals surface area contributed by atoms with Gasteiger partial charge in [-0.2, -0.15) is 0 Å². The molecule has 18 heavy (non-hydrogen) atoms. The highest BCUT2D eigenvalue weighted by molar-refractivity contribution is 5.70. The Labute approximate surface area is 110 Å². The molecule has 1 aliphatic heterocycles. The van der Waals surface area contributed by atoms with E-state index in [2.05, 4.69) is 0 Å². The van der Waals surface area contributed by atoms with Crippen LogP contribution in [0.3, 0.4) is 0 Å². The number of carboxylic acid groups (broad SMARTS) is 1. The summed E-state index contributed by atoms with van der Waals surface area (Å²) in [6.45, 7) is 3.98. The maximum absolute atomic E-state index is 11.2. The van der Waals surface area contributed by atoms with Crippen molar-refractivity contribution in [3.63, 3.8) is 0 Å². The van der Waals surface area contributed by atoms with Crippen LogP contribution in [0.5, 0.6) is 0 Å². The lowest BCUT2D eigenvalue weighted by molar-refractivity contribution is -0.146. The van der Waals surface area contributed by atoms with Crippen molar-refractivity contribution in [3.05, 3.63) is 0 Å². The van der Waals surface area contributed by atoms with Crippen molar-refractivity contribution in [3.8, 4) is 0 Å². The molecule has 2 fully saturated rings. The molecule has 0 aromatic heterocycles. The van der Waals surface area contributed by atoms with Gasteiger partial charge in [0.1, 0.15) is 0 Å². The first kappa shape index (κ1) is 13.9. The average molecular weight is 254 g/mol. The third-order valence-corrected chi connectivity index (χ3v) is 4.74. The summed E-state index contributed by atoms with van der Waals surface area (Å²) in [6.07, 6.45) is 9.31. The number of carbonyl (C=O) groups is 1. The Kier molecular flexibility index (Phi) is 4.31. The number of hydrogen-bond acceptors (Lipinski definition) is 2. The lowest BCUT2D eigenvalue weighted by Crippen LogP contribution is -2.33. The first-order chi connectivity index (χ1) is 8.52. The molecule has 2 unspecified atom stereocenters. The predicted molar refractivity (Wildman–Crippen MR) is 70.5 cm³/mol. The van der Waals surface area contributed by atoms with Crippen LogP contribution >= 0.6 is 0 Å². The van der Waals surface area contributed by atoms with Gasteiger partial charge in [0.2, 0.25) is 0 Å². The van der Waals surface area contributed by atoms with Gasteiger partial charge in [-0.05, 0) is 38.0 Å².